The predicted molar refractivity (Wildman–Crippen MR) is 102 cm³/mol. The fourth-order valence-electron chi connectivity index (χ4n) is 3.53. The Kier molecular flexibility index (Phi) is 3.77. The Labute approximate surface area is 146 Å². The molecule has 0 aliphatic heterocycles. The minimum Gasteiger partial charge on any atom is -0.462 e. The molecule has 0 fully saturated rings. The molecule has 0 spiro atoms. The number of carbonyl (C=O) groups excluding carboxylic acids is 1. The molecule has 0 amide bonds. The zero-order valence-corrected chi connectivity index (χ0v) is 14.3. The van der Waals surface area contributed by atoms with Crippen LogP contribution in [0.4, 0.5) is 0 Å². The van der Waals surface area contributed by atoms with E-state index in [2.05, 4.69) is 23.2 Å². The molecule has 0 saturated carbocycles. The van der Waals surface area contributed by atoms with Crippen LogP contribution in [-0.2, 0) is 4.74 Å². The molecule has 0 aliphatic carbocycles. The molecule has 0 radical (unpaired) electrons. The first-order chi connectivity index (χ1) is 12.2. The zero-order valence-electron chi connectivity index (χ0n) is 14.3. The highest BCUT2D eigenvalue weighted by Crippen LogP contribution is 2.36. The molecule has 1 N–H and O–H groups in total. The van der Waals surface area contributed by atoms with Gasteiger partial charge in [-0.2, -0.15) is 0 Å². The summed E-state index contributed by atoms with van der Waals surface area (Å²) in [6.45, 7) is 4.19. The Balaban J connectivity index is 2.11. The lowest BCUT2D eigenvalue weighted by molar-refractivity contribution is 0.0526. The predicted octanol–water partition coefficient (Wildman–Crippen LogP) is 5.47. The summed E-state index contributed by atoms with van der Waals surface area (Å²) in [6.07, 6.45) is 0. The van der Waals surface area contributed by atoms with E-state index in [4.69, 9.17) is 4.74 Å². The highest BCUT2D eigenvalue weighted by atomic mass is 16.5. The van der Waals surface area contributed by atoms with Crippen LogP contribution in [0.5, 0.6) is 0 Å². The van der Waals surface area contributed by atoms with Gasteiger partial charge in [0.25, 0.3) is 0 Å². The summed E-state index contributed by atoms with van der Waals surface area (Å²) >= 11 is 0. The first-order valence-corrected chi connectivity index (χ1v) is 8.47. The number of benzene rings is 3. The van der Waals surface area contributed by atoms with Gasteiger partial charge in [-0.15, -0.1) is 0 Å². The van der Waals surface area contributed by atoms with Crippen LogP contribution in [0.2, 0.25) is 0 Å². The Bertz CT molecular complexity index is 1080. The van der Waals surface area contributed by atoms with Crippen molar-refractivity contribution in [1.29, 1.82) is 0 Å². The first kappa shape index (κ1) is 15.5. The van der Waals surface area contributed by atoms with Crippen molar-refractivity contribution in [3.05, 3.63) is 71.8 Å². The number of aromatic nitrogens is 1. The van der Waals surface area contributed by atoms with Gasteiger partial charge < -0.3 is 9.72 Å². The summed E-state index contributed by atoms with van der Waals surface area (Å²) < 4.78 is 5.36. The van der Waals surface area contributed by atoms with Crippen LogP contribution in [-0.4, -0.2) is 17.6 Å². The van der Waals surface area contributed by atoms with Crippen molar-refractivity contribution in [3.8, 4) is 11.1 Å². The molecule has 0 unspecified atom stereocenters. The molecule has 1 aromatic heterocycles. The standard InChI is InChI=1S/C22H19NO2/c1-3-25-22(24)21-14(2)20-16-11-7-8-12-18(16)23-19(20)13-17(21)15-9-5-4-6-10-15/h4-13,23H,3H2,1-2H3. The van der Waals surface area contributed by atoms with Crippen LogP contribution >= 0.6 is 0 Å². The highest BCUT2D eigenvalue weighted by molar-refractivity contribution is 6.14. The Morgan fingerprint density at radius 2 is 1.72 bits per heavy atom. The number of hydrogen-bond acceptors (Lipinski definition) is 2. The average molecular weight is 329 g/mol. The first-order valence-electron chi connectivity index (χ1n) is 8.47. The smallest absolute Gasteiger partial charge is 0.339 e. The molecular weight excluding hydrogens is 310 g/mol. The number of esters is 1. The molecule has 3 aromatic carbocycles. The quantitative estimate of drug-likeness (QED) is 0.506. The van der Waals surface area contributed by atoms with Gasteiger partial charge in [-0.3, -0.25) is 0 Å². The van der Waals surface area contributed by atoms with Gasteiger partial charge in [-0.1, -0.05) is 48.5 Å². The molecule has 0 atom stereocenters. The zero-order chi connectivity index (χ0) is 17.4. The number of ether oxygens (including phenoxy) is 1. The van der Waals surface area contributed by atoms with Crippen molar-refractivity contribution < 1.29 is 9.53 Å². The minimum absolute atomic E-state index is 0.272. The summed E-state index contributed by atoms with van der Waals surface area (Å²) in [6, 6.07) is 20.2. The number of hydrogen-bond donors (Lipinski definition) is 1. The highest BCUT2D eigenvalue weighted by Gasteiger charge is 2.21. The van der Waals surface area contributed by atoms with Crippen molar-refractivity contribution in [2.24, 2.45) is 0 Å². The van der Waals surface area contributed by atoms with E-state index >= 15 is 0 Å². The fraction of sp³-hybridized carbons (Fsp3) is 0.136. The summed E-state index contributed by atoms with van der Waals surface area (Å²) in [4.78, 5) is 16.2. The fourth-order valence-corrected chi connectivity index (χ4v) is 3.53. The Morgan fingerprint density at radius 3 is 2.48 bits per heavy atom. The average Bonchev–Trinajstić information content (AvgIpc) is 3.01. The monoisotopic (exact) mass is 329 g/mol. The third-order valence-electron chi connectivity index (χ3n) is 4.61. The van der Waals surface area contributed by atoms with Gasteiger partial charge in [0, 0.05) is 21.8 Å². The lowest BCUT2D eigenvalue weighted by Gasteiger charge is -2.13. The summed E-state index contributed by atoms with van der Waals surface area (Å²) in [7, 11) is 0. The van der Waals surface area contributed by atoms with E-state index in [9.17, 15) is 4.79 Å². The third-order valence-corrected chi connectivity index (χ3v) is 4.61. The van der Waals surface area contributed by atoms with Gasteiger partial charge in [-0.05, 0) is 42.7 Å². The number of nitrogens with one attached hydrogen (secondary N) is 1. The Morgan fingerprint density at radius 1 is 1.00 bits per heavy atom. The second-order valence-corrected chi connectivity index (χ2v) is 6.10. The van der Waals surface area contributed by atoms with Crippen LogP contribution in [0.25, 0.3) is 32.9 Å². The van der Waals surface area contributed by atoms with Crippen LogP contribution in [0.1, 0.15) is 22.8 Å². The molecule has 0 bridgehead atoms. The molecule has 25 heavy (non-hydrogen) atoms. The van der Waals surface area contributed by atoms with Crippen molar-refractivity contribution in [2.45, 2.75) is 13.8 Å². The van der Waals surface area contributed by atoms with Crippen LogP contribution in [0, 0.1) is 6.92 Å². The van der Waals surface area contributed by atoms with Gasteiger partial charge >= 0.3 is 5.97 Å². The number of aromatic amines is 1. The molecule has 3 heteroatoms. The molecular formula is C22H19NO2. The second-order valence-electron chi connectivity index (χ2n) is 6.10. The van der Waals surface area contributed by atoms with Gasteiger partial charge in [0.1, 0.15) is 0 Å². The lowest BCUT2D eigenvalue weighted by atomic mass is 9.92. The molecule has 0 saturated heterocycles. The van der Waals surface area contributed by atoms with Crippen LogP contribution in [0.3, 0.4) is 0 Å². The van der Waals surface area contributed by atoms with Crippen molar-refractivity contribution >= 4 is 27.8 Å². The second kappa shape index (κ2) is 6.10. The van der Waals surface area contributed by atoms with Crippen LogP contribution in [0.15, 0.2) is 60.7 Å². The summed E-state index contributed by atoms with van der Waals surface area (Å²) in [5.41, 5.74) is 5.61. The van der Waals surface area contributed by atoms with Gasteiger partial charge in [-0.25, -0.2) is 4.79 Å². The van der Waals surface area contributed by atoms with Gasteiger partial charge in [0.2, 0.25) is 0 Å². The van der Waals surface area contributed by atoms with E-state index in [1.165, 1.54) is 0 Å². The molecule has 1 heterocycles. The largest absolute Gasteiger partial charge is 0.462 e. The lowest BCUT2D eigenvalue weighted by Crippen LogP contribution is -2.09. The number of fused-ring (bicyclic) bond motifs is 3. The number of rotatable bonds is 3. The van der Waals surface area contributed by atoms with E-state index < -0.39 is 0 Å². The van der Waals surface area contributed by atoms with E-state index in [0.29, 0.717) is 12.2 Å². The molecule has 4 aromatic rings. The van der Waals surface area contributed by atoms with Gasteiger partial charge in [0.15, 0.2) is 0 Å². The van der Waals surface area contributed by atoms with Gasteiger partial charge in [0.05, 0.1) is 12.2 Å². The van der Waals surface area contributed by atoms with E-state index in [-0.39, 0.29) is 5.97 Å². The SMILES string of the molecule is CCOC(=O)c1c(-c2ccccc2)cc2[nH]c3ccccc3c2c1C. The topological polar surface area (TPSA) is 42.1 Å². The maximum absolute atomic E-state index is 12.7. The Hall–Kier alpha value is -3.07. The van der Waals surface area contributed by atoms with Crippen molar-refractivity contribution in [1.82, 2.24) is 4.98 Å². The van der Waals surface area contributed by atoms with E-state index in [1.54, 1.807) is 0 Å². The number of aryl methyl sites for hydroxylation is 1. The third kappa shape index (κ3) is 2.49. The van der Waals surface area contributed by atoms with E-state index in [1.807, 2.05) is 56.3 Å². The maximum atomic E-state index is 12.7. The molecule has 4 rings (SSSR count). The minimum atomic E-state index is -0.272. The number of para-hydroxylation sites is 1. The van der Waals surface area contributed by atoms with Crippen LogP contribution < -0.4 is 0 Å². The molecule has 3 nitrogen and oxygen atoms in total. The van der Waals surface area contributed by atoms with Crippen molar-refractivity contribution in [3.63, 3.8) is 0 Å². The summed E-state index contributed by atoms with van der Waals surface area (Å²) in [5, 5.41) is 2.21. The molecule has 0 aliphatic rings. The maximum Gasteiger partial charge on any atom is 0.339 e. The van der Waals surface area contributed by atoms with Crippen molar-refractivity contribution in [2.75, 3.05) is 6.61 Å². The summed E-state index contributed by atoms with van der Waals surface area (Å²) in [5.74, 6) is -0.272. The van der Waals surface area contributed by atoms with E-state index in [0.717, 1.165) is 38.5 Å². The number of H-pyrrole nitrogens is 1. The normalized spacial score (nSPS) is 11.1. The molecule has 124 valence electrons. The number of carbonyl (C=O) groups is 1.